The van der Waals surface area contributed by atoms with Crippen LogP contribution in [0.3, 0.4) is 0 Å². The van der Waals surface area contributed by atoms with Gasteiger partial charge >= 0.3 is 0 Å². The first-order chi connectivity index (χ1) is 9.54. The zero-order valence-electron chi connectivity index (χ0n) is 12.9. The highest BCUT2D eigenvalue weighted by Gasteiger charge is 2.30. The summed E-state index contributed by atoms with van der Waals surface area (Å²) in [7, 11) is 0. The van der Waals surface area contributed by atoms with Gasteiger partial charge in [-0.2, -0.15) is 0 Å². The standard InChI is InChI=1S/C15H25N3OS/c1-5-9-16-12(11-8-6-7-10-19-11)13-14(15(2,3)4)17-18-20-13/h8,12,16H,5-7,9-10H2,1-4H3. The highest BCUT2D eigenvalue weighted by atomic mass is 32.1. The van der Waals surface area contributed by atoms with Crippen molar-refractivity contribution in [3.8, 4) is 0 Å². The SMILES string of the molecule is CCCNC(C1=CCCCO1)c1snnc1C(C)(C)C. The molecule has 0 aliphatic carbocycles. The highest BCUT2D eigenvalue weighted by molar-refractivity contribution is 7.05. The zero-order valence-corrected chi connectivity index (χ0v) is 13.7. The molecule has 4 nitrogen and oxygen atoms in total. The molecule has 0 spiro atoms. The van der Waals surface area contributed by atoms with Crippen LogP contribution in [0.2, 0.25) is 0 Å². The summed E-state index contributed by atoms with van der Waals surface area (Å²) in [6, 6.07) is 0.101. The van der Waals surface area contributed by atoms with Crippen molar-refractivity contribution in [3.05, 3.63) is 22.4 Å². The van der Waals surface area contributed by atoms with Gasteiger partial charge in [0.1, 0.15) is 11.8 Å². The minimum absolute atomic E-state index is 0.00368. The molecular formula is C15H25N3OS. The van der Waals surface area contributed by atoms with Gasteiger partial charge in [0.25, 0.3) is 0 Å². The zero-order chi connectivity index (χ0) is 14.6. The fourth-order valence-electron chi connectivity index (χ4n) is 2.30. The molecule has 112 valence electrons. The van der Waals surface area contributed by atoms with Crippen molar-refractivity contribution < 1.29 is 4.74 Å². The van der Waals surface area contributed by atoms with Crippen LogP contribution < -0.4 is 5.32 Å². The maximum atomic E-state index is 5.88. The van der Waals surface area contributed by atoms with E-state index in [1.807, 2.05) is 0 Å². The minimum Gasteiger partial charge on any atom is -0.496 e. The minimum atomic E-state index is 0.00368. The van der Waals surface area contributed by atoms with Crippen molar-refractivity contribution in [2.24, 2.45) is 0 Å². The molecule has 1 aromatic heterocycles. The van der Waals surface area contributed by atoms with Gasteiger partial charge < -0.3 is 10.1 Å². The number of rotatable bonds is 5. The molecular weight excluding hydrogens is 270 g/mol. The molecule has 0 saturated heterocycles. The van der Waals surface area contributed by atoms with Crippen LogP contribution in [0, 0.1) is 0 Å². The Hall–Kier alpha value is -0.940. The number of nitrogens with zero attached hydrogens (tertiary/aromatic N) is 2. The van der Waals surface area contributed by atoms with Crippen LogP contribution in [0.4, 0.5) is 0 Å². The van der Waals surface area contributed by atoms with Crippen molar-refractivity contribution in [3.63, 3.8) is 0 Å². The van der Waals surface area contributed by atoms with Crippen molar-refractivity contribution >= 4 is 11.5 Å². The van der Waals surface area contributed by atoms with E-state index in [-0.39, 0.29) is 11.5 Å². The largest absolute Gasteiger partial charge is 0.496 e. The van der Waals surface area contributed by atoms with Crippen molar-refractivity contribution in [1.29, 1.82) is 0 Å². The van der Waals surface area contributed by atoms with Crippen LogP contribution in [0.15, 0.2) is 11.8 Å². The number of nitrogens with one attached hydrogen (secondary N) is 1. The topological polar surface area (TPSA) is 47.0 Å². The molecule has 1 aliphatic heterocycles. The Labute approximate surface area is 125 Å². The van der Waals surface area contributed by atoms with Crippen LogP contribution in [-0.4, -0.2) is 22.7 Å². The molecule has 0 amide bonds. The molecule has 1 atom stereocenters. The van der Waals surface area contributed by atoms with E-state index >= 15 is 0 Å². The van der Waals surface area contributed by atoms with Gasteiger partial charge in [-0.25, -0.2) is 0 Å². The summed E-state index contributed by atoms with van der Waals surface area (Å²) in [5.41, 5.74) is 1.08. The van der Waals surface area contributed by atoms with Crippen LogP contribution in [0.25, 0.3) is 0 Å². The first kappa shape index (κ1) is 15.4. The van der Waals surface area contributed by atoms with Gasteiger partial charge in [0.15, 0.2) is 0 Å². The number of hydrogen-bond donors (Lipinski definition) is 1. The smallest absolute Gasteiger partial charge is 0.114 e. The maximum absolute atomic E-state index is 5.88. The third-order valence-electron chi connectivity index (χ3n) is 3.33. The Balaban J connectivity index is 2.31. The fourth-order valence-corrected chi connectivity index (χ4v) is 3.24. The van der Waals surface area contributed by atoms with E-state index in [9.17, 15) is 0 Å². The molecule has 1 unspecified atom stereocenters. The second-order valence-corrected chi connectivity index (χ2v) is 7.01. The lowest BCUT2D eigenvalue weighted by atomic mass is 9.89. The van der Waals surface area contributed by atoms with Gasteiger partial charge in [-0.05, 0) is 43.4 Å². The Morgan fingerprint density at radius 3 is 2.85 bits per heavy atom. The van der Waals surface area contributed by atoms with E-state index < -0.39 is 0 Å². The molecule has 0 aromatic carbocycles. The fraction of sp³-hybridized carbons (Fsp3) is 0.733. The third-order valence-corrected chi connectivity index (χ3v) is 4.12. The third kappa shape index (κ3) is 3.58. The average molecular weight is 295 g/mol. The number of allylic oxidation sites excluding steroid dienone is 1. The summed E-state index contributed by atoms with van der Waals surface area (Å²) in [6.45, 7) is 10.5. The first-order valence-electron chi connectivity index (χ1n) is 7.43. The summed E-state index contributed by atoms with van der Waals surface area (Å²) < 4.78 is 10.1. The molecule has 1 aromatic rings. The quantitative estimate of drug-likeness (QED) is 0.902. The number of hydrogen-bond acceptors (Lipinski definition) is 5. The Kier molecular flexibility index (Phi) is 5.16. The van der Waals surface area contributed by atoms with E-state index in [1.165, 1.54) is 16.4 Å². The summed E-state index contributed by atoms with van der Waals surface area (Å²) >= 11 is 1.48. The normalized spacial score (nSPS) is 17.5. The lowest BCUT2D eigenvalue weighted by molar-refractivity contribution is 0.168. The first-order valence-corrected chi connectivity index (χ1v) is 8.20. The monoisotopic (exact) mass is 295 g/mol. The average Bonchev–Trinajstić information content (AvgIpc) is 2.90. The van der Waals surface area contributed by atoms with Crippen molar-refractivity contribution in [2.45, 2.75) is 58.4 Å². The molecule has 0 bridgehead atoms. The molecule has 0 radical (unpaired) electrons. The van der Waals surface area contributed by atoms with Crippen LogP contribution >= 0.6 is 11.5 Å². The molecule has 2 rings (SSSR count). The van der Waals surface area contributed by atoms with Gasteiger partial charge in [0.05, 0.1) is 17.2 Å². The second-order valence-electron chi connectivity index (χ2n) is 6.22. The molecule has 20 heavy (non-hydrogen) atoms. The molecule has 0 saturated carbocycles. The van der Waals surface area contributed by atoms with Gasteiger partial charge in [-0.15, -0.1) is 5.10 Å². The molecule has 0 fully saturated rings. The number of ether oxygens (including phenoxy) is 1. The van der Waals surface area contributed by atoms with E-state index in [2.05, 4.69) is 48.7 Å². The van der Waals surface area contributed by atoms with Crippen molar-refractivity contribution in [1.82, 2.24) is 14.9 Å². The second kappa shape index (κ2) is 6.68. The van der Waals surface area contributed by atoms with Gasteiger partial charge in [-0.1, -0.05) is 32.2 Å². The van der Waals surface area contributed by atoms with E-state index in [0.29, 0.717) is 0 Å². The molecule has 2 heterocycles. The highest BCUT2D eigenvalue weighted by Crippen LogP contribution is 2.35. The Morgan fingerprint density at radius 2 is 2.25 bits per heavy atom. The Morgan fingerprint density at radius 1 is 1.45 bits per heavy atom. The Bertz CT molecular complexity index is 462. The van der Waals surface area contributed by atoms with E-state index in [1.54, 1.807) is 0 Å². The summed E-state index contributed by atoms with van der Waals surface area (Å²) in [5, 5.41) is 7.95. The summed E-state index contributed by atoms with van der Waals surface area (Å²) in [5.74, 6) is 1.04. The lowest BCUT2D eigenvalue weighted by Gasteiger charge is -2.26. The lowest BCUT2D eigenvalue weighted by Crippen LogP contribution is -2.28. The van der Waals surface area contributed by atoms with Crippen molar-refractivity contribution in [2.75, 3.05) is 13.2 Å². The van der Waals surface area contributed by atoms with Crippen LogP contribution in [0.1, 0.15) is 63.6 Å². The number of aromatic nitrogens is 2. The van der Waals surface area contributed by atoms with Gasteiger partial charge in [0.2, 0.25) is 0 Å². The predicted molar refractivity (Wildman–Crippen MR) is 82.9 cm³/mol. The van der Waals surface area contributed by atoms with Gasteiger partial charge in [-0.3, -0.25) is 0 Å². The van der Waals surface area contributed by atoms with Crippen LogP contribution in [0.5, 0.6) is 0 Å². The summed E-state index contributed by atoms with van der Waals surface area (Å²) in [4.78, 5) is 1.19. The van der Waals surface area contributed by atoms with E-state index in [4.69, 9.17) is 4.74 Å². The summed E-state index contributed by atoms with van der Waals surface area (Å²) in [6.07, 6.45) is 5.51. The van der Waals surface area contributed by atoms with Gasteiger partial charge in [0, 0.05) is 5.41 Å². The maximum Gasteiger partial charge on any atom is 0.114 e. The predicted octanol–water partition coefficient (Wildman–Crippen LogP) is 3.57. The van der Waals surface area contributed by atoms with E-state index in [0.717, 1.165) is 43.9 Å². The molecule has 1 aliphatic rings. The molecule has 5 heteroatoms. The van der Waals surface area contributed by atoms with Crippen LogP contribution in [-0.2, 0) is 10.2 Å². The molecule has 1 N–H and O–H groups in total.